The van der Waals surface area contributed by atoms with E-state index < -0.39 is 0 Å². The molecule has 0 heterocycles. The fourth-order valence-electron chi connectivity index (χ4n) is 2.66. The number of methoxy groups -OCH3 is 3. The van der Waals surface area contributed by atoms with Crippen molar-refractivity contribution < 1.29 is 14.2 Å². The first-order valence-electron chi connectivity index (χ1n) is 7.06. The molecule has 0 bridgehead atoms. The maximum Gasteiger partial charge on any atom is 0.203 e. The lowest BCUT2D eigenvalue weighted by Gasteiger charge is -2.13. The van der Waals surface area contributed by atoms with Gasteiger partial charge >= 0.3 is 0 Å². The van der Waals surface area contributed by atoms with Crippen LogP contribution in [0.5, 0.6) is 17.2 Å². The van der Waals surface area contributed by atoms with E-state index in [2.05, 4.69) is 36.4 Å². The molecule has 0 unspecified atom stereocenters. The smallest absolute Gasteiger partial charge is 0.203 e. The van der Waals surface area contributed by atoms with Gasteiger partial charge in [-0.15, -0.1) is 0 Å². The summed E-state index contributed by atoms with van der Waals surface area (Å²) in [5.41, 5.74) is 4.65. The van der Waals surface area contributed by atoms with E-state index >= 15 is 0 Å². The van der Waals surface area contributed by atoms with Crippen LogP contribution in [-0.4, -0.2) is 21.3 Å². The molecular weight excluding hydrogens is 276 g/mol. The monoisotopic (exact) mass is 294 g/mol. The van der Waals surface area contributed by atoms with Crippen LogP contribution in [0.25, 0.3) is 17.7 Å². The molecule has 0 aliphatic heterocycles. The Bertz CT molecular complexity index is 732. The van der Waals surface area contributed by atoms with Gasteiger partial charge in [-0.2, -0.15) is 0 Å². The minimum atomic E-state index is 0.606. The summed E-state index contributed by atoms with van der Waals surface area (Å²) >= 11 is 0. The maximum atomic E-state index is 5.40. The van der Waals surface area contributed by atoms with Gasteiger partial charge in [0.05, 0.1) is 21.3 Å². The lowest BCUT2D eigenvalue weighted by Crippen LogP contribution is -1.95. The lowest BCUT2D eigenvalue weighted by molar-refractivity contribution is 0.324. The highest BCUT2D eigenvalue weighted by Gasteiger charge is 2.14. The molecular formula is C19H18O3. The number of hydrogen-bond acceptors (Lipinski definition) is 3. The van der Waals surface area contributed by atoms with E-state index in [4.69, 9.17) is 14.2 Å². The molecule has 0 N–H and O–H groups in total. The van der Waals surface area contributed by atoms with Crippen LogP contribution in [0.15, 0.2) is 42.5 Å². The molecule has 2 aromatic carbocycles. The van der Waals surface area contributed by atoms with Crippen LogP contribution in [-0.2, 0) is 0 Å². The normalized spacial score (nSPS) is 14.0. The zero-order chi connectivity index (χ0) is 15.5. The Labute approximate surface area is 130 Å². The van der Waals surface area contributed by atoms with E-state index in [9.17, 15) is 0 Å². The SMILES string of the molecule is COc1cc(/C=C2/C=Cc3ccccc32)cc(OC)c1OC. The first-order valence-corrected chi connectivity index (χ1v) is 7.06. The van der Waals surface area contributed by atoms with E-state index in [1.165, 1.54) is 16.7 Å². The zero-order valence-corrected chi connectivity index (χ0v) is 12.9. The van der Waals surface area contributed by atoms with Crippen molar-refractivity contribution in [2.45, 2.75) is 0 Å². The fraction of sp³-hybridized carbons (Fsp3) is 0.158. The summed E-state index contributed by atoms with van der Waals surface area (Å²) in [7, 11) is 4.85. The molecule has 3 nitrogen and oxygen atoms in total. The first kappa shape index (κ1) is 14.3. The largest absolute Gasteiger partial charge is 0.493 e. The van der Waals surface area contributed by atoms with Gasteiger partial charge in [0.2, 0.25) is 5.75 Å². The van der Waals surface area contributed by atoms with Gasteiger partial charge in [0, 0.05) is 0 Å². The van der Waals surface area contributed by atoms with Crippen molar-refractivity contribution in [2.75, 3.05) is 21.3 Å². The second-order valence-electron chi connectivity index (χ2n) is 4.98. The zero-order valence-electron chi connectivity index (χ0n) is 12.9. The molecule has 2 aromatic rings. The molecule has 0 atom stereocenters. The first-order chi connectivity index (χ1) is 10.8. The minimum Gasteiger partial charge on any atom is -0.493 e. The van der Waals surface area contributed by atoms with Crippen LogP contribution in [0.3, 0.4) is 0 Å². The third-order valence-corrected chi connectivity index (χ3v) is 3.72. The Hall–Kier alpha value is -2.68. The minimum absolute atomic E-state index is 0.606. The van der Waals surface area contributed by atoms with E-state index in [-0.39, 0.29) is 0 Å². The van der Waals surface area contributed by atoms with Crippen LogP contribution in [0, 0.1) is 0 Å². The quantitative estimate of drug-likeness (QED) is 0.842. The standard InChI is InChI=1S/C19H18O3/c1-20-17-11-13(12-18(21-2)19(17)22-3)10-15-9-8-14-6-4-5-7-16(14)15/h4-12H,1-3H3/b15-10-. The van der Waals surface area contributed by atoms with Crippen molar-refractivity contribution in [3.63, 3.8) is 0 Å². The Morgan fingerprint density at radius 1 is 0.818 bits per heavy atom. The maximum absolute atomic E-state index is 5.40. The average Bonchev–Trinajstić information content (AvgIpc) is 2.97. The number of ether oxygens (including phenoxy) is 3. The Morgan fingerprint density at radius 3 is 2.14 bits per heavy atom. The number of hydrogen-bond donors (Lipinski definition) is 0. The molecule has 1 aliphatic carbocycles. The second-order valence-corrected chi connectivity index (χ2v) is 4.98. The fourth-order valence-corrected chi connectivity index (χ4v) is 2.66. The van der Waals surface area contributed by atoms with Gasteiger partial charge in [0.15, 0.2) is 11.5 Å². The van der Waals surface area contributed by atoms with Gasteiger partial charge in [-0.1, -0.05) is 36.4 Å². The summed E-state index contributed by atoms with van der Waals surface area (Å²) < 4.78 is 16.2. The van der Waals surface area contributed by atoms with Crippen molar-refractivity contribution in [3.8, 4) is 17.2 Å². The highest BCUT2D eigenvalue weighted by molar-refractivity contribution is 5.97. The molecule has 0 radical (unpaired) electrons. The number of fused-ring (bicyclic) bond motifs is 1. The third kappa shape index (κ3) is 2.46. The van der Waals surface area contributed by atoms with Crippen LogP contribution in [0.1, 0.15) is 16.7 Å². The molecule has 1 aliphatic rings. The number of allylic oxidation sites excluding steroid dienone is 2. The van der Waals surface area contributed by atoms with Gasteiger partial charge in [-0.3, -0.25) is 0 Å². The summed E-state index contributed by atoms with van der Waals surface area (Å²) in [6, 6.07) is 12.2. The molecule has 0 aromatic heterocycles. The molecule has 0 amide bonds. The van der Waals surface area contributed by atoms with E-state index in [1.807, 2.05) is 18.2 Å². The molecule has 112 valence electrons. The Morgan fingerprint density at radius 2 is 1.50 bits per heavy atom. The van der Waals surface area contributed by atoms with Crippen molar-refractivity contribution >= 4 is 17.7 Å². The second kappa shape index (κ2) is 5.98. The highest BCUT2D eigenvalue weighted by Crippen LogP contribution is 2.39. The van der Waals surface area contributed by atoms with Crippen molar-refractivity contribution in [1.29, 1.82) is 0 Å². The number of rotatable bonds is 4. The summed E-state index contributed by atoms with van der Waals surface area (Å²) in [5, 5.41) is 0. The third-order valence-electron chi connectivity index (χ3n) is 3.72. The van der Waals surface area contributed by atoms with Crippen molar-refractivity contribution in [3.05, 3.63) is 59.2 Å². The molecule has 3 heteroatoms. The topological polar surface area (TPSA) is 27.7 Å². The Balaban J connectivity index is 2.07. The molecule has 3 rings (SSSR count). The highest BCUT2D eigenvalue weighted by atomic mass is 16.5. The van der Waals surface area contributed by atoms with Gasteiger partial charge in [0.25, 0.3) is 0 Å². The van der Waals surface area contributed by atoms with Gasteiger partial charge in [0.1, 0.15) is 0 Å². The molecule has 0 saturated carbocycles. The van der Waals surface area contributed by atoms with Crippen molar-refractivity contribution in [1.82, 2.24) is 0 Å². The molecule has 0 spiro atoms. The Kier molecular flexibility index (Phi) is 3.88. The van der Waals surface area contributed by atoms with Crippen LogP contribution in [0.4, 0.5) is 0 Å². The predicted octanol–water partition coefficient (Wildman–Crippen LogP) is 4.28. The predicted molar refractivity (Wildman–Crippen MR) is 89.4 cm³/mol. The van der Waals surface area contributed by atoms with E-state index in [1.54, 1.807) is 21.3 Å². The molecule has 0 saturated heterocycles. The average molecular weight is 294 g/mol. The van der Waals surface area contributed by atoms with Gasteiger partial charge in [-0.05, 0) is 40.5 Å². The van der Waals surface area contributed by atoms with E-state index in [0.29, 0.717) is 17.2 Å². The molecule has 22 heavy (non-hydrogen) atoms. The van der Waals surface area contributed by atoms with Gasteiger partial charge in [-0.25, -0.2) is 0 Å². The van der Waals surface area contributed by atoms with Crippen LogP contribution >= 0.6 is 0 Å². The summed E-state index contributed by atoms with van der Waals surface area (Å²) in [6.07, 6.45) is 6.36. The van der Waals surface area contributed by atoms with Crippen molar-refractivity contribution in [2.24, 2.45) is 0 Å². The van der Waals surface area contributed by atoms with Gasteiger partial charge < -0.3 is 14.2 Å². The lowest BCUT2D eigenvalue weighted by atomic mass is 10.0. The van der Waals surface area contributed by atoms with E-state index in [0.717, 1.165) is 5.56 Å². The summed E-state index contributed by atoms with van der Waals surface area (Å²) in [4.78, 5) is 0. The van der Waals surface area contributed by atoms with Crippen LogP contribution < -0.4 is 14.2 Å². The molecule has 0 fully saturated rings. The van der Waals surface area contributed by atoms with Crippen LogP contribution in [0.2, 0.25) is 0 Å². The summed E-state index contributed by atoms with van der Waals surface area (Å²) in [6.45, 7) is 0. The number of benzene rings is 2. The summed E-state index contributed by atoms with van der Waals surface area (Å²) in [5.74, 6) is 1.92.